The molecule has 13 rings (SSSR count). The average Bonchev–Trinajstić information content (AvgIpc) is 3.83. The maximum absolute atomic E-state index is 5.54. The summed E-state index contributed by atoms with van der Waals surface area (Å²) in [5.74, 6) is 0. The second-order valence-corrected chi connectivity index (χ2v) is 16.2. The Bertz CT molecular complexity index is 3780. The van der Waals surface area contributed by atoms with E-state index in [4.69, 9.17) is 4.98 Å². The molecule has 0 fully saturated rings. The Morgan fingerprint density at radius 2 is 0.911 bits per heavy atom. The topological polar surface area (TPSA) is 17.3 Å². The number of thiophene rings is 1. The SMILES string of the molecule is c1ccc2cc3c(ccc4c3nc3c5sc6cc7ccccc7cc6c5cc(-c5ccc(-c6ccc7c8ccccc8c8ccccc8c7c6)cc5)n43)cc2c1. The normalized spacial score (nSPS) is 12.3. The molecule has 0 saturated heterocycles. The van der Waals surface area contributed by atoms with E-state index in [9.17, 15) is 0 Å². The van der Waals surface area contributed by atoms with Gasteiger partial charge in [-0.1, -0.05) is 140 Å². The Kier molecular flexibility index (Phi) is 6.07. The molecule has 13 aromatic rings. The average molecular weight is 727 g/mol. The summed E-state index contributed by atoms with van der Waals surface area (Å²) in [4.78, 5) is 5.54. The van der Waals surface area contributed by atoms with Crippen molar-refractivity contribution in [2.75, 3.05) is 0 Å². The van der Waals surface area contributed by atoms with Gasteiger partial charge in [0.2, 0.25) is 0 Å². The fraction of sp³-hybridized carbons (Fsp3) is 0. The second-order valence-electron chi connectivity index (χ2n) is 15.1. The van der Waals surface area contributed by atoms with Crippen molar-refractivity contribution >= 4 is 113 Å². The Labute approximate surface area is 325 Å². The van der Waals surface area contributed by atoms with Crippen LogP contribution < -0.4 is 0 Å². The summed E-state index contributed by atoms with van der Waals surface area (Å²) < 4.78 is 4.91. The van der Waals surface area contributed by atoms with Crippen LogP contribution in [0.25, 0.3) is 124 Å². The zero-order valence-corrected chi connectivity index (χ0v) is 30.9. The van der Waals surface area contributed by atoms with Gasteiger partial charge in [-0.15, -0.1) is 11.3 Å². The van der Waals surface area contributed by atoms with Crippen LogP contribution in [0.15, 0.2) is 182 Å². The second kappa shape index (κ2) is 11.2. The highest BCUT2D eigenvalue weighted by atomic mass is 32.1. The lowest BCUT2D eigenvalue weighted by molar-refractivity contribution is 1.25. The standard InChI is InChI=1S/C53H30N2S/c1-2-10-34-26-44-38(25-33(34)9-1)22-24-48-51(44)54-53-52-47(46-28-35-11-3-4-12-36(35)29-50(46)56-52)30-49(55(48)53)32-19-17-31(18-20-32)37-21-23-43-41-15-6-5-13-39(41)40-14-7-8-16-42(40)45(43)27-37/h1-30H. The minimum atomic E-state index is 1.01. The van der Waals surface area contributed by atoms with Crippen molar-refractivity contribution in [1.82, 2.24) is 9.38 Å². The van der Waals surface area contributed by atoms with Crippen LogP contribution >= 0.6 is 11.3 Å². The maximum atomic E-state index is 5.54. The van der Waals surface area contributed by atoms with Crippen LogP contribution in [0.4, 0.5) is 0 Å². The van der Waals surface area contributed by atoms with Crippen molar-refractivity contribution < 1.29 is 0 Å². The number of imidazole rings is 1. The zero-order valence-electron chi connectivity index (χ0n) is 30.1. The molecule has 0 spiro atoms. The summed E-state index contributed by atoms with van der Waals surface area (Å²) in [6.07, 6.45) is 0. The molecule has 0 N–H and O–H groups in total. The smallest absolute Gasteiger partial charge is 0.156 e. The molecule has 258 valence electrons. The molecule has 0 aliphatic rings. The van der Waals surface area contributed by atoms with Crippen molar-refractivity contribution in [2.45, 2.75) is 0 Å². The fourth-order valence-corrected chi connectivity index (χ4v) is 10.6. The van der Waals surface area contributed by atoms with Crippen molar-refractivity contribution in [3.05, 3.63) is 182 Å². The van der Waals surface area contributed by atoms with E-state index in [-0.39, 0.29) is 0 Å². The molecular weight excluding hydrogens is 697 g/mol. The predicted octanol–water partition coefficient (Wildman–Crippen LogP) is 15.1. The van der Waals surface area contributed by atoms with E-state index < -0.39 is 0 Å². The van der Waals surface area contributed by atoms with E-state index >= 15 is 0 Å². The molecule has 0 unspecified atom stereocenters. The van der Waals surface area contributed by atoms with E-state index in [1.54, 1.807) is 0 Å². The monoisotopic (exact) mass is 726 g/mol. The molecule has 10 aromatic carbocycles. The van der Waals surface area contributed by atoms with Gasteiger partial charge in [-0.05, 0) is 118 Å². The maximum Gasteiger partial charge on any atom is 0.156 e. The Hall–Kier alpha value is -7.07. The van der Waals surface area contributed by atoms with Gasteiger partial charge in [0.15, 0.2) is 5.65 Å². The van der Waals surface area contributed by atoms with E-state index in [0.717, 1.165) is 27.9 Å². The van der Waals surface area contributed by atoms with Crippen LogP contribution in [-0.2, 0) is 0 Å². The van der Waals surface area contributed by atoms with Crippen molar-refractivity contribution in [2.24, 2.45) is 0 Å². The van der Waals surface area contributed by atoms with Crippen LogP contribution in [0, 0.1) is 0 Å². The Balaban J connectivity index is 1.05. The molecule has 0 bridgehead atoms. The van der Waals surface area contributed by atoms with Crippen LogP contribution in [0.1, 0.15) is 0 Å². The third-order valence-electron chi connectivity index (χ3n) is 12.1. The van der Waals surface area contributed by atoms with E-state index in [1.807, 2.05) is 11.3 Å². The molecule has 3 heterocycles. The number of rotatable bonds is 2. The lowest BCUT2D eigenvalue weighted by Gasteiger charge is -2.13. The van der Waals surface area contributed by atoms with Gasteiger partial charge in [0, 0.05) is 20.9 Å². The van der Waals surface area contributed by atoms with Crippen molar-refractivity contribution in [3.63, 3.8) is 0 Å². The van der Waals surface area contributed by atoms with Gasteiger partial charge in [0.05, 0.1) is 21.4 Å². The number of nitrogens with zero attached hydrogens (tertiary/aromatic N) is 2. The van der Waals surface area contributed by atoms with E-state index in [2.05, 4.69) is 186 Å². The van der Waals surface area contributed by atoms with Gasteiger partial charge < -0.3 is 0 Å². The highest BCUT2D eigenvalue weighted by Gasteiger charge is 2.20. The molecule has 56 heavy (non-hydrogen) atoms. The summed E-state index contributed by atoms with van der Waals surface area (Å²) in [6, 6.07) is 67.3. The van der Waals surface area contributed by atoms with E-state index in [0.29, 0.717) is 0 Å². The minimum Gasteiger partial charge on any atom is -0.291 e. The van der Waals surface area contributed by atoms with Crippen LogP contribution in [0.3, 0.4) is 0 Å². The summed E-state index contributed by atoms with van der Waals surface area (Å²) in [6.45, 7) is 0. The van der Waals surface area contributed by atoms with Gasteiger partial charge in [-0.3, -0.25) is 4.40 Å². The highest BCUT2D eigenvalue weighted by Crippen LogP contribution is 2.44. The first kappa shape index (κ1) is 30.3. The summed E-state index contributed by atoms with van der Waals surface area (Å²) in [5, 5.41) is 17.7. The lowest BCUT2D eigenvalue weighted by atomic mass is 9.92. The number of fused-ring (bicyclic) bond motifs is 17. The molecule has 0 aliphatic carbocycles. The molecule has 0 saturated carbocycles. The summed E-state index contributed by atoms with van der Waals surface area (Å²) in [7, 11) is 0. The Morgan fingerprint density at radius 1 is 0.357 bits per heavy atom. The first-order valence-corrected chi connectivity index (χ1v) is 20.0. The third kappa shape index (κ3) is 4.23. The van der Waals surface area contributed by atoms with Gasteiger partial charge in [0.1, 0.15) is 0 Å². The first-order chi connectivity index (χ1) is 27.7. The number of hydrogen-bond acceptors (Lipinski definition) is 2. The molecule has 0 aliphatic heterocycles. The first-order valence-electron chi connectivity index (χ1n) is 19.2. The molecule has 2 nitrogen and oxygen atoms in total. The van der Waals surface area contributed by atoms with Crippen LogP contribution in [0.2, 0.25) is 0 Å². The number of hydrogen-bond donors (Lipinski definition) is 0. The van der Waals surface area contributed by atoms with Crippen molar-refractivity contribution in [3.8, 4) is 22.4 Å². The molecule has 3 aromatic heterocycles. The molecule has 0 radical (unpaired) electrons. The quantitative estimate of drug-likeness (QED) is 0.128. The van der Waals surface area contributed by atoms with Crippen molar-refractivity contribution in [1.29, 1.82) is 0 Å². The highest BCUT2D eigenvalue weighted by molar-refractivity contribution is 7.26. The van der Waals surface area contributed by atoms with E-state index in [1.165, 1.54) is 95.9 Å². The zero-order chi connectivity index (χ0) is 36.5. The van der Waals surface area contributed by atoms with Gasteiger partial charge in [0.25, 0.3) is 0 Å². The lowest BCUT2D eigenvalue weighted by Crippen LogP contribution is -1.93. The van der Waals surface area contributed by atoms with Gasteiger partial charge in [-0.2, -0.15) is 0 Å². The minimum absolute atomic E-state index is 1.01. The summed E-state index contributed by atoms with van der Waals surface area (Å²) in [5.41, 5.74) is 7.90. The Morgan fingerprint density at radius 3 is 1.61 bits per heavy atom. The molecular formula is C53H30N2S. The van der Waals surface area contributed by atoms with Crippen LogP contribution in [-0.4, -0.2) is 9.38 Å². The predicted molar refractivity (Wildman–Crippen MR) is 241 cm³/mol. The molecule has 0 atom stereocenters. The van der Waals surface area contributed by atoms with Gasteiger partial charge in [-0.25, -0.2) is 4.98 Å². The molecule has 0 amide bonds. The van der Waals surface area contributed by atoms with Gasteiger partial charge >= 0.3 is 0 Å². The van der Waals surface area contributed by atoms with Crippen LogP contribution in [0.5, 0.6) is 0 Å². The summed E-state index contributed by atoms with van der Waals surface area (Å²) >= 11 is 1.85. The number of aromatic nitrogens is 2. The largest absolute Gasteiger partial charge is 0.291 e. The third-order valence-corrected chi connectivity index (χ3v) is 13.2. The number of pyridine rings is 1. The fourth-order valence-electron chi connectivity index (χ4n) is 9.40. The molecule has 3 heteroatoms. The number of benzene rings is 10.